The molecular weight excluding hydrogens is 198 g/mol. The minimum Gasteiger partial charge on any atom is -0.380 e. The first-order valence-corrected chi connectivity index (χ1v) is 5.01. The van der Waals surface area contributed by atoms with Gasteiger partial charge in [0.2, 0.25) is 0 Å². The molecule has 1 aromatic carbocycles. The fraction of sp³-hybridized carbons (Fsp3) is 0.0769. The number of benzene rings is 1. The lowest BCUT2D eigenvalue weighted by atomic mass is 10.1. The predicted octanol–water partition coefficient (Wildman–Crippen LogP) is 2.57. The van der Waals surface area contributed by atoms with Crippen LogP contribution in [0.3, 0.4) is 0 Å². The number of pyridine rings is 1. The summed E-state index contributed by atoms with van der Waals surface area (Å²) in [5.41, 5.74) is 2.75. The van der Waals surface area contributed by atoms with E-state index in [1.165, 1.54) is 0 Å². The SMILES string of the molecule is N#Cc1cccc(CNc2cccnc2)c1. The molecule has 2 aromatic rings. The number of hydrogen-bond donors (Lipinski definition) is 1. The van der Waals surface area contributed by atoms with Crippen molar-refractivity contribution in [3.8, 4) is 6.07 Å². The molecule has 0 saturated carbocycles. The molecule has 0 unspecified atom stereocenters. The number of nitrogens with one attached hydrogen (secondary N) is 1. The van der Waals surface area contributed by atoms with E-state index in [0.29, 0.717) is 12.1 Å². The summed E-state index contributed by atoms with van der Waals surface area (Å²) < 4.78 is 0. The summed E-state index contributed by atoms with van der Waals surface area (Å²) in [6, 6.07) is 13.5. The maximum atomic E-state index is 8.77. The minimum absolute atomic E-state index is 0.686. The Labute approximate surface area is 94.4 Å². The second kappa shape index (κ2) is 4.94. The van der Waals surface area contributed by atoms with Crippen molar-refractivity contribution in [3.63, 3.8) is 0 Å². The lowest BCUT2D eigenvalue weighted by molar-refractivity contribution is 1.13. The van der Waals surface area contributed by atoms with Gasteiger partial charge in [-0.15, -0.1) is 0 Å². The monoisotopic (exact) mass is 209 g/mol. The Morgan fingerprint density at radius 2 is 2.19 bits per heavy atom. The molecule has 0 amide bonds. The van der Waals surface area contributed by atoms with E-state index in [-0.39, 0.29) is 0 Å². The highest BCUT2D eigenvalue weighted by Gasteiger charge is 1.95. The number of aromatic nitrogens is 1. The Balaban J connectivity index is 2.03. The smallest absolute Gasteiger partial charge is 0.0991 e. The number of anilines is 1. The first-order valence-electron chi connectivity index (χ1n) is 5.01. The Bertz CT molecular complexity index is 500. The van der Waals surface area contributed by atoms with Crippen LogP contribution < -0.4 is 5.32 Å². The first-order chi connectivity index (χ1) is 7.88. The molecule has 78 valence electrons. The van der Waals surface area contributed by atoms with Crippen LogP contribution in [0.5, 0.6) is 0 Å². The molecule has 1 aromatic heterocycles. The van der Waals surface area contributed by atoms with Crippen LogP contribution in [0.4, 0.5) is 5.69 Å². The summed E-state index contributed by atoms with van der Waals surface area (Å²) >= 11 is 0. The van der Waals surface area contributed by atoms with Gasteiger partial charge in [-0.05, 0) is 29.8 Å². The Kier molecular flexibility index (Phi) is 3.15. The van der Waals surface area contributed by atoms with Gasteiger partial charge in [0.1, 0.15) is 0 Å². The van der Waals surface area contributed by atoms with Gasteiger partial charge >= 0.3 is 0 Å². The Morgan fingerprint density at radius 1 is 1.25 bits per heavy atom. The molecule has 2 rings (SSSR count). The zero-order valence-electron chi connectivity index (χ0n) is 8.72. The minimum atomic E-state index is 0.686. The van der Waals surface area contributed by atoms with Crippen molar-refractivity contribution >= 4 is 5.69 Å². The van der Waals surface area contributed by atoms with Crippen molar-refractivity contribution in [1.82, 2.24) is 4.98 Å². The van der Waals surface area contributed by atoms with Crippen molar-refractivity contribution in [1.29, 1.82) is 5.26 Å². The predicted molar refractivity (Wildman–Crippen MR) is 62.7 cm³/mol. The highest BCUT2D eigenvalue weighted by molar-refractivity contribution is 5.41. The summed E-state index contributed by atoms with van der Waals surface area (Å²) in [6.45, 7) is 0.696. The van der Waals surface area contributed by atoms with Crippen LogP contribution in [0.15, 0.2) is 48.8 Å². The molecule has 0 fully saturated rings. The number of nitriles is 1. The van der Waals surface area contributed by atoms with Gasteiger partial charge in [0.05, 0.1) is 17.3 Å². The molecule has 0 spiro atoms. The van der Waals surface area contributed by atoms with Crippen LogP contribution in [0.1, 0.15) is 11.1 Å². The third-order valence-corrected chi connectivity index (χ3v) is 2.21. The van der Waals surface area contributed by atoms with Gasteiger partial charge in [0, 0.05) is 18.9 Å². The third-order valence-electron chi connectivity index (χ3n) is 2.21. The van der Waals surface area contributed by atoms with Crippen molar-refractivity contribution in [2.45, 2.75) is 6.54 Å². The Morgan fingerprint density at radius 3 is 2.94 bits per heavy atom. The maximum Gasteiger partial charge on any atom is 0.0991 e. The van der Waals surface area contributed by atoms with Crippen LogP contribution in [0.25, 0.3) is 0 Å². The summed E-state index contributed by atoms with van der Waals surface area (Å²) in [5, 5.41) is 12.0. The average Bonchev–Trinajstić information content (AvgIpc) is 2.38. The van der Waals surface area contributed by atoms with E-state index in [2.05, 4.69) is 16.4 Å². The van der Waals surface area contributed by atoms with Crippen molar-refractivity contribution < 1.29 is 0 Å². The molecule has 0 atom stereocenters. The van der Waals surface area contributed by atoms with E-state index in [9.17, 15) is 0 Å². The summed E-state index contributed by atoms with van der Waals surface area (Å²) in [7, 11) is 0. The van der Waals surface area contributed by atoms with Crippen molar-refractivity contribution in [2.24, 2.45) is 0 Å². The molecule has 0 radical (unpaired) electrons. The fourth-order valence-corrected chi connectivity index (χ4v) is 1.42. The Hall–Kier alpha value is -2.34. The largest absolute Gasteiger partial charge is 0.380 e. The molecule has 3 heteroatoms. The lowest BCUT2D eigenvalue weighted by Gasteiger charge is -2.05. The van der Waals surface area contributed by atoms with Gasteiger partial charge in [0.25, 0.3) is 0 Å². The molecule has 0 aliphatic rings. The fourth-order valence-electron chi connectivity index (χ4n) is 1.42. The van der Waals surface area contributed by atoms with E-state index in [1.807, 2.05) is 30.3 Å². The van der Waals surface area contributed by atoms with Crippen LogP contribution in [0, 0.1) is 11.3 Å². The number of hydrogen-bond acceptors (Lipinski definition) is 3. The zero-order chi connectivity index (χ0) is 11.2. The number of nitrogens with zero attached hydrogens (tertiary/aromatic N) is 2. The van der Waals surface area contributed by atoms with Crippen LogP contribution >= 0.6 is 0 Å². The third kappa shape index (κ3) is 2.58. The maximum absolute atomic E-state index is 8.77. The van der Waals surface area contributed by atoms with E-state index < -0.39 is 0 Å². The molecule has 0 saturated heterocycles. The van der Waals surface area contributed by atoms with Gasteiger partial charge in [-0.3, -0.25) is 4.98 Å². The van der Waals surface area contributed by atoms with E-state index in [1.54, 1.807) is 18.5 Å². The summed E-state index contributed by atoms with van der Waals surface area (Å²) in [4.78, 5) is 4.02. The summed E-state index contributed by atoms with van der Waals surface area (Å²) in [6.07, 6.45) is 3.51. The molecule has 16 heavy (non-hydrogen) atoms. The van der Waals surface area contributed by atoms with Crippen molar-refractivity contribution in [3.05, 3.63) is 59.9 Å². The standard InChI is InChI=1S/C13H11N3/c14-8-11-3-1-4-12(7-11)9-16-13-5-2-6-15-10-13/h1-7,10,16H,9H2. The number of rotatable bonds is 3. The summed E-state index contributed by atoms with van der Waals surface area (Å²) in [5.74, 6) is 0. The van der Waals surface area contributed by atoms with E-state index in [4.69, 9.17) is 5.26 Å². The first kappa shape index (κ1) is 10.2. The van der Waals surface area contributed by atoms with Crippen LogP contribution in [-0.4, -0.2) is 4.98 Å². The van der Waals surface area contributed by atoms with Crippen LogP contribution in [0.2, 0.25) is 0 Å². The van der Waals surface area contributed by atoms with E-state index >= 15 is 0 Å². The highest BCUT2D eigenvalue weighted by atomic mass is 14.9. The van der Waals surface area contributed by atoms with Gasteiger partial charge in [-0.2, -0.15) is 5.26 Å². The average molecular weight is 209 g/mol. The molecular formula is C13H11N3. The van der Waals surface area contributed by atoms with Gasteiger partial charge < -0.3 is 5.32 Å². The lowest BCUT2D eigenvalue weighted by Crippen LogP contribution is -1.99. The quantitative estimate of drug-likeness (QED) is 0.845. The second-order valence-electron chi connectivity index (χ2n) is 3.41. The zero-order valence-corrected chi connectivity index (χ0v) is 8.72. The molecule has 1 heterocycles. The molecule has 3 nitrogen and oxygen atoms in total. The van der Waals surface area contributed by atoms with Gasteiger partial charge in [0.15, 0.2) is 0 Å². The molecule has 0 bridgehead atoms. The van der Waals surface area contributed by atoms with Gasteiger partial charge in [-0.25, -0.2) is 0 Å². The molecule has 1 N–H and O–H groups in total. The molecule has 0 aliphatic carbocycles. The second-order valence-corrected chi connectivity index (χ2v) is 3.41. The van der Waals surface area contributed by atoms with Crippen molar-refractivity contribution in [2.75, 3.05) is 5.32 Å². The van der Waals surface area contributed by atoms with Crippen LogP contribution in [-0.2, 0) is 6.54 Å². The van der Waals surface area contributed by atoms with Gasteiger partial charge in [-0.1, -0.05) is 12.1 Å². The molecule has 0 aliphatic heterocycles. The normalized spacial score (nSPS) is 9.44. The highest BCUT2D eigenvalue weighted by Crippen LogP contribution is 2.08. The van der Waals surface area contributed by atoms with E-state index in [0.717, 1.165) is 11.3 Å². The topological polar surface area (TPSA) is 48.7 Å².